The molecule has 0 saturated carbocycles. The second-order valence-corrected chi connectivity index (χ2v) is 5.19. The highest BCUT2D eigenvalue weighted by Crippen LogP contribution is 2.24. The first-order valence-corrected chi connectivity index (χ1v) is 6.65. The zero-order chi connectivity index (χ0) is 13.1. The number of imidazole rings is 1. The van der Waals surface area contributed by atoms with Crippen molar-refractivity contribution in [2.24, 2.45) is 0 Å². The minimum atomic E-state index is -0.316. The molecule has 1 atom stereocenters. The fourth-order valence-corrected chi connectivity index (χ4v) is 2.61. The van der Waals surface area contributed by atoms with E-state index in [1.54, 1.807) is 6.20 Å². The Hall–Kier alpha value is -1.65. The number of nitrogens with zero attached hydrogens (tertiary/aromatic N) is 3. The van der Waals surface area contributed by atoms with Crippen molar-refractivity contribution in [2.75, 3.05) is 19.7 Å². The fourth-order valence-electron chi connectivity index (χ4n) is 2.61. The number of hydrogen-bond donors (Lipinski definition) is 0. The molecule has 19 heavy (non-hydrogen) atoms. The van der Waals surface area contributed by atoms with Gasteiger partial charge in [0.25, 0.3) is 0 Å². The van der Waals surface area contributed by atoms with Crippen LogP contribution in [-0.2, 0) is 17.0 Å². The zero-order valence-electron chi connectivity index (χ0n) is 11.2. The standard InChI is InChI=1S/C15H19N3O/c1-15(18-8-7-16-13-18)12-17(9-10-19-15)11-14-5-3-2-4-6-14/h2-8,13H,9-12H2,1H3/t15-/m1/s1. The molecule has 0 bridgehead atoms. The molecule has 2 aromatic rings. The van der Waals surface area contributed by atoms with Crippen LogP contribution in [0.5, 0.6) is 0 Å². The summed E-state index contributed by atoms with van der Waals surface area (Å²) in [4.78, 5) is 6.55. The fraction of sp³-hybridized carbons (Fsp3) is 0.400. The van der Waals surface area contributed by atoms with Crippen LogP contribution in [0, 0.1) is 0 Å². The molecule has 0 unspecified atom stereocenters. The van der Waals surface area contributed by atoms with Crippen LogP contribution in [0.1, 0.15) is 12.5 Å². The summed E-state index contributed by atoms with van der Waals surface area (Å²) >= 11 is 0. The van der Waals surface area contributed by atoms with Crippen molar-refractivity contribution in [3.05, 3.63) is 54.6 Å². The van der Waals surface area contributed by atoms with Gasteiger partial charge in [-0.05, 0) is 12.5 Å². The first-order chi connectivity index (χ1) is 9.26. The monoisotopic (exact) mass is 257 g/mol. The summed E-state index contributed by atoms with van der Waals surface area (Å²) in [5, 5.41) is 0. The van der Waals surface area contributed by atoms with Crippen molar-refractivity contribution >= 4 is 0 Å². The van der Waals surface area contributed by atoms with Gasteiger partial charge in [-0.25, -0.2) is 4.98 Å². The Balaban J connectivity index is 1.72. The lowest BCUT2D eigenvalue weighted by Gasteiger charge is -2.41. The van der Waals surface area contributed by atoms with Crippen LogP contribution in [0.15, 0.2) is 49.1 Å². The van der Waals surface area contributed by atoms with Crippen molar-refractivity contribution in [1.29, 1.82) is 0 Å². The Morgan fingerprint density at radius 1 is 1.32 bits per heavy atom. The van der Waals surface area contributed by atoms with Crippen molar-refractivity contribution in [3.8, 4) is 0 Å². The molecule has 4 heteroatoms. The minimum absolute atomic E-state index is 0.316. The van der Waals surface area contributed by atoms with E-state index < -0.39 is 0 Å². The minimum Gasteiger partial charge on any atom is -0.353 e. The predicted octanol–water partition coefficient (Wildman–Crippen LogP) is 2.09. The number of benzene rings is 1. The Morgan fingerprint density at radius 2 is 2.16 bits per heavy atom. The van der Waals surface area contributed by atoms with E-state index in [0.717, 1.165) is 26.2 Å². The summed E-state index contributed by atoms with van der Waals surface area (Å²) in [6, 6.07) is 10.6. The second kappa shape index (κ2) is 5.15. The number of aromatic nitrogens is 2. The molecular weight excluding hydrogens is 238 g/mol. The molecule has 4 nitrogen and oxygen atoms in total. The van der Waals surface area contributed by atoms with Gasteiger partial charge in [-0.3, -0.25) is 4.90 Å². The van der Waals surface area contributed by atoms with Gasteiger partial charge in [0, 0.05) is 32.0 Å². The summed E-state index contributed by atoms with van der Waals surface area (Å²) in [6.07, 6.45) is 5.59. The molecule has 0 radical (unpaired) electrons. The van der Waals surface area contributed by atoms with Gasteiger partial charge in [0.05, 0.1) is 12.9 Å². The number of hydrogen-bond acceptors (Lipinski definition) is 3. The lowest BCUT2D eigenvalue weighted by molar-refractivity contribution is -0.151. The highest BCUT2D eigenvalue weighted by molar-refractivity contribution is 5.14. The predicted molar refractivity (Wildman–Crippen MR) is 73.5 cm³/mol. The topological polar surface area (TPSA) is 30.3 Å². The summed E-state index contributed by atoms with van der Waals surface area (Å²) in [6.45, 7) is 5.68. The van der Waals surface area contributed by atoms with E-state index in [2.05, 4.69) is 47.1 Å². The molecule has 3 rings (SSSR count). The number of ether oxygens (including phenoxy) is 1. The van der Waals surface area contributed by atoms with Crippen LogP contribution in [-0.4, -0.2) is 34.1 Å². The van der Waals surface area contributed by atoms with Crippen molar-refractivity contribution < 1.29 is 4.74 Å². The van der Waals surface area contributed by atoms with Gasteiger partial charge in [0.2, 0.25) is 0 Å². The maximum absolute atomic E-state index is 5.96. The smallest absolute Gasteiger partial charge is 0.155 e. The van der Waals surface area contributed by atoms with Crippen LogP contribution in [0.2, 0.25) is 0 Å². The number of morpholine rings is 1. The molecule has 1 aromatic heterocycles. The zero-order valence-corrected chi connectivity index (χ0v) is 11.2. The molecule has 0 aliphatic carbocycles. The van der Waals surface area contributed by atoms with Gasteiger partial charge in [-0.1, -0.05) is 30.3 Å². The average Bonchev–Trinajstić information content (AvgIpc) is 2.95. The average molecular weight is 257 g/mol. The van der Waals surface area contributed by atoms with Crippen molar-refractivity contribution in [3.63, 3.8) is 0 Å². The Morgan fingerprint density at radius 3 is 2.89 bits per heavy atom. The molecule has 1 aliphatic heterocycles. The molecular formula is C15H19N3O. The molecule has 0 spiro atoms. The molecule has 1 aromatic carbocycles. The third-order valence-corrected chi connectivity index (χ3v) is 3.64. The first kappa shape index (κ1) is 12.4. The second-order valence-electron chi connectivity index (χ2n) is 5.19. The quantitative estimate of drug-likeness (QED) is 0.843. The summed E-state index contributed by atoms with van der Waals surface area (Å²) in [7, 11) is 0. The van der Waals surface area contributed by atoms with Gasteiger partial charge < -0.3 is 9.30 Å². The highest BCUT2D eigenvalue weighted by Gasteiger charge is 2.33. The van der Waals surface area contributed by atoms with Crippen LogP contribution < -0.4 is 0 Å². The molecule has 0 N–H and O–H groups in total. The maximum atomic E-state index is 5.96. The van der Waals surface area contributed by atoms with Gasteiger partial charge in [0.15, 0.2) is 5.72 Å². The van der Waals surface area contributed by atoms with E-state index in [1.165, 1.54) is 5.56 Å². The van der Waals surface area contributed by atoms with Crippen LogP contribution in [0.4, 0.5) is 0 Å². The largest absolute Gasteiger partial charge is 0.353 e. The van der Waals surface area contributed by atoms with E-state index in [1.807, 2.05) is 17.1 Å². The summed E-state index contributed by atoms with van der Waals surface area (Å²) in [5.41, 5.74) is 1.03. The highest BCUT2D eigenvalue weighted by atomic mass is 16.5. The Labute approximate surface area is 113 Å². The first-order valence-electron chi connectivity index (χ1n) is 6.65. The van der Waals surface area contributed by atoms with E-state index in [-0.39, 0.29) is 5.72 Å². The van der Waals surface area contributed by atoms with E-state index in [4.69, 9.17) is 4.74 Å². The SMILES string of the molecule is C[C@]1(n2ccnc2)CN(Cc2ccccc2)CCO1. The Bertz CT molecular complexity index is 511. The lowest BCUT2D eigenvalue weighted by atomic mass is 10.1. The third kappa shape index (κ3) is 2.69. The van der Waals surface area contributed by atoms with Gasteiger partial charge in [-0.15, -0.1) is 0 Å². The molecule has 2 heterocycles. The molecule has 1 aliphatic rings. The van der Waals surface area contributed by atoms with Crippen LogP contribution in [0.3, 0.4) is 0 Å². The van der Waals surface area contributed by atoms with Gasteiger partial charge in [0.1, 0.15) is 0 Å². The summed E-state index contributed by atoms with van der Waals surface area (Å²) in [5.74, 6) is 0. The molecule has 1 saturated heterocycles. The van der Waals surface area contributed by atoms with Crippen LogP contribution >= 0.6 is 0 Å². The van der Waals surface area contributed by atoms with E-state index in [0.29, 0.717) is 0 Å². The molecule has 0 amide bonds. The van der Waals surface area contributed by atoms with E-state index in [9.17, 15) is 0 Å². The van der Waals surface area contributed by atoms with Crippen molar-refractivity contribution in [1.82, 2.24) is 14.5 Å². The van der Waals surface area contributed by atoms with Gasteiger partial charge in [-0.2, -0.15) is 0 Å². The number of rotatable bonds is 3. The molecule has 100 valence electrons. The molecule has 1 fully saturated rings. The summed E-state index contributed by atoms with van der Waals surface area (Å²) < 4.78 is 8.00. The van der Waals surface area contributed by atoms with Crippen molar-refractivity contribution in [2.45, 2.75) is 19.2 Å². The maximum Gasteiger partial charge on any atom is 0.155 e. The Kier molecular flexibility index (Phi) is 3.36. The van der Waals surface area contributed by atoms with Crippen LogP contribution in [0.25, 0.3) is 0 Å². The van der Waals surface area contributed by atoms with E-state index >= 15 is 0 Å². The third-order valence-electron chi connectivity index (χ3n) is 3.64. The normalized spacial score (nSPS) is 24.5. The van der Waals surface area contributed by atoms with Gasteiger partial charge >= 0.3 is 0 Å². The lowest BCUT2D eigenvalue weighted by Crippen LogP contribution is -2.50.